The smallest absolute Gasteiger partial charge is 0.123 e. The average Bonchev–Trinajstić information content (AvgIpc) is 2.49. The van der Waals surface area contributed by atoms with Gasteiger partial charge in [0.05, 0.1) is 5.54 Å². The number of anilines is 1. The minimum Gasteiger partial charge on any atom is -0.368 e. The molecule has 1 N–H and O–H groups in total. The van der Waals surface area contributed by atoms with Gasteiger partial charge in [-0.25, -0.2) is 4.39 Å². The number of rotatable bonds is 2. The summed E-state index contributed by atoms with van der Waals surface area (Å²) in [5, 5.41) is 3.61. The van der Waals surface area contributed by atoms with Crippen LogP contribution in [0, 0.1) is 5.82 Å². The van der Waals surface area contributed by atoms with Crippen LogP contribution in [0.4, 0.5) is 10.1 Å². The summed E-state index contributed by atoms with van der Waals surface area (Å²) in [5.41, 5.74) is 2.29. The Morgan fingerprint density at radius 1 is 1.05 bits per heavy atom. The highest BCUT2D eigenvalue weighted by Crippen LogP contribution is 2.27. The van der Waals surface area contributed by atoms with Gasteiger partial charge in [-0.3, -0.25) is 0 Å². The SMILES string of the molecule is CC1(c2ccccc2)CN(c2ccc(F)cc2)CCN1. The third-order valence-corrected chi connectivity index (χ3v) is 4.01. The van der Waals surface area contributed by atoms with Gasteiger partial charge in [0.2, 0.25) is 0 Å². The lowest BCUT2D eigenvalue weighted by atomic mass is 9.89. The van der Waals surface area contributed by atoms with Gasteiger partial charge in [0.1, 0.15) is 5.82 Å². The van der Waals surface area contributed by atoms with Crippen LogP contribution in [0.15, 0.2) is 54.6 Å². The Morgan fingerprint density at radius 2 is 1.75 bits per heavy atom. The maximum Gasteiger partial charge on any atom is 0.123 e. The van der Waals surface area contributed by atoms with Gasteiger partial charge in [-0.1, -0.05) is 30.3 Å². The number of nitrogens with zero attached hydrogens (tertiary/aromatic N) is 1. The van der Waals surface area contributed by atoms with E-state index in [2.05, 4.69) is 41.4 Å². The first-order valence-electron chi connectivity index (χ1n) is 6.98. The number of nitrogens with one attached hydrogen (secondary N) is 1. The number of benzene rings is 2. The van der Waals surface area contributed by atoms with E-state index in [4.69, 9.17) is 0 Å². The lowest BCUT2D eigenvalue weighted by Gasteiger charge is -2.43. The topological polar surface area (TPSA) is 15.3 Å². The molecule has 1 atom stereocenters. The van der Waals surface area contributed by atoms with E-state index in [1.807, 2.05) is 18.2 Å². The molecular formula is C17H19FN2. The van der Waals surface area contributed by atoms with Crippen molar-refractivity contribution >= 4 is 5.69 Å². The summed E-state index contributed by atoms with van der Waals surface area (Å²) < 4.78 is 13.0. The van der Waals surface area contributed by atoms with Gasteiger partial charge < -0.3 is 10.2 Å². The molecule has 1 heterocycles. The molecule has 1 saturated heterocycles. The zero-order valence-corrected chi connectivity index (χ0v) is 11.6. The number of hydrogen-bond donors (Lipinski definition) is 1. The summed E-state index contributed by atoms with van der Waals surface area (Å²) in [5.74, 6) is -0.185. The van der Waals surface area contributed by atoms with Crippen molar-refractivity contribution in [3.05, 3.63) is 66.0 Å². The van der Waals surface area contributed by atoms with E-state index in [0.29, 0.717) is 0 Å². The zero-order valence-electron chi connectivity index (χ0n) is 11.6. The second-order valence-corrected chi connectivity index (χ2v) is 5.52. The standard InChI is InChI=1S/C17H19FN2/c1-17(14-5-3-2-4-6-14)13-20(12-11-19-17)16-9-7-15(18)8-10-16/h2-10,19H,11-13H2,1H3. The highest BCUT2D eigenvalue weighted by molar-refractivity contribution is 5.48. The highest BCUT2D eigenvalue weighted by Gasteiger charge is 2.32. The van der Waals surface area contributed by atoms with Crippen molar-refractivity contribution in [1.82, 2.24) is 5.32 Å². The molecule has 3 rings (SSSR count). The molecule has 0 amide bonds. The van der Waals surface area contributed by atoms with Crippen LogP contribution in [0.1, 0.15) is 12.5 Å². The zero-order chi connectivity index (χ0) is 14.0. The Labute approximate surface area is 119 Å². The first-order chi connectivity index (χ1) is 9.67. The fourth-order valence-electron chi connectivity index (χ4n) is 2.86. The minimum absolute atomic E-state index is 0.0755. The van der Waals surface area contributed by atoms with Crippen molar-refractivity contribution in [3.63, 3.8) is 0 Å². The third kappa shape index (κ3) is 2.54. The second kappa shape index (κ2) is 5.25. The van der Waals surface area contributed by atoms with Crippen molar-refractivity contribution in [1.29, 1.82) is 0 Å². The van der Waals surface area contributed by atoms with Crippen LogP contribution in [-0.4, -0.2) is 19.6 Å². The molecule has 1 aliphatic heterocycles. The van der Waals surface area contributed by atoms with Crippen LogP contribution in [0.5, 0.6) is 0 Å². The van der Waals surface area contributed by atoms with Gasteiger partial charge in [0, 0.05) is 25.3 Å². The van der Waals surface area contributed by atoms with Crippen LogP contribution >= 0.6 is 0 Å². The first kappa shape index (κ1) is 13.1. The molecule has 0 bridgehead atoms. The number of halogens is 1. The van der Waals surface area contributed by atoms with E-state index in [-0.39, 0.29) is 11.4 Å². The van der Waals surface area contributed by atoms with Gasteiger partial charge in [0.25, 0.3) is 0 Å². The van der Waals surface area contributed by atoms with Crippen molar-refractivity contribution in [2.24, 2.45) is 0 Å². The van der Waals surface area contributed by atoms with Gasteiger partial charge in [0.15, 0.2) is 0 Å². The summed E-state index contributed by atoms with van der Waals surface area (Å²) in [7, 11) is 0. The van der Waals surface area contributed by atoms with Crippen molar-refractivity contribution in [3.8, 4) is 0 Å². The molecule has 1 unspecified atom stereocenters. The molecule has 1 aliphatic rings. The molecule has 2 aromatic rings. The quantitative estimate of drug-likeness (QED) is 0.902. The molecule has 104 valence electrons. The van der Waals surface area contributed by atoms with Crippen LogP contribution in [0.2, 0.25) is 0 Å². The fourth-order valence-corrected chi connectivity index (χ4v) is 2.86. The highest BCUT2D eigenvalue weighted by atomic mass is 19.1. The van der Waals surface area contributed by atoms with Crippen molar-refractivity contribution in [2.75, 3.05) is 24.5 Å². The lowest BCUT2D eigenvalue weighted by molar-refractivity contribution is 0.332. The normalized spacial score (nSPS) is 22.8. The Balaban J connectivity index is 1.84. The van der Waals surface area contributed by atoms with E-state index in [9.17, 15) is 4.39 Å². The molecular weight excluding hydrogens is 251 g/mol. The van der Waals surface area contributed by atoms with Crippen molar-refractivity contribution in [2.45, 2.75) is 12.5 Å². The van der Waals surface area contributed by atoms with Gasteiger partial charge >= 0.3 is 0 Å². The Hall–Kier alpha value is -1.87. The van der Waals surface area contributed by atoms with E-state index in [1.165, 1.54) is 17.7 Å². The van der Waals surface area contributed by atoms with Crippen LogP contribution in [-0.2, 0) is 5.54 Å². The Kier molecular flexibility index (Phi) is 3.45. The van der Waals surface area contributed by atoms with Gasteiger partial charge in [-0.05, 0) is 36.8 Å². The lowest BCUT2D eigenvalue weighted by Crippen LogP contribution is -2.56. The van der Waals surface area contributed by atoms with E-state index in [1.54, 1.807) is 0 Å². The maximum absolute atomic E-state index is 13.0. The molecule has 20 heavy (non-hydrogen) atoms. The van der Waals surface area contributed by atoms with Crippen LogP contribution in [0.25, 0.3) is 0 Å². The summed E-state index contributed by atoms with van der Waals surface area (Å²) in [6.45, 7) is 4.96. The average molecular weight is 270 g/mol. The first-order valence-corrected chi connectivity index (χ1v) is 6.98. The number of piperazine rings is 1. The third-order valence-electron chi connectivity index (χ3n) is 4.01. The molecule has 1 fully saturated rings. The fraction of sp³-hybridized carbons (Fsp3) is 0.294. The largest absolute Gasteiger partial charge is 0.368 e. The van der Waals surface area contributed by atoms with E-state index in [0.717, 1.165) is 25.3 Å². The number of hydrogen-bond acceptors (Lipinski definition) is 2. The van der Waals surface area contributed by atoms with E-state index >= 15 is 0 Å². The van der Waals surface area contributed by atoms with Crippen LogP contribution in [0.3, 0.4) is 0 Å². The van der Waals surface area contributed by atoms with Gasteiger partial charge in [-0.15, -0.1) is 0 Å². The maximum atomic E-state index is 13.0. The molecule has 2 nitrogen and oxygen atoms in total. The molecule has 2 aromatic carbocycles. The predicted molar refractivity (Wildman–Crippen MR) is 80.4 cm³/mol. The summed E-state index contributed by atoms with van der Waals surface area (Å²) in [6, 6.07) is 17.2. The molecule has 0 saturated carbocycles. The molecule has 0 aromatic heterocycles. The van der Waals surface area contributed by atoms with E-state index < -0.39 is 0 Å². The van der Waals surface area contributed by atoms with Crippen molar-refractivity contribution < 1.29 is 4.39 Å². The second-order valence-electron chi connectivity index (χ2n) is 5.52. The predicted octanol–water partition coefficient (Wildman–Crippen LogP) is 3.15. The monoisotopic (exact) mass is 270 g/mol. The molecule has 0 spiro atoms. The van der Waals surface area contributed by atoms with Crippen LogP contribution < -0.4 is 10.2 Å². The molecule has 0 radical (unpaired) electrons. The molecule has 3 heteroatoms. The summed E-state index contributed by atoms with van der Waals surface area (Å²) in [6.07, 6.45) is 0. The minimum atomic E-state index is -0.185. The Bertz CT molecular complexity index is 567. The molecule has 0 aliphatic carbocycles. The summed E-state index contributed by atoms with van der Waals surface area (Å²) >= 11 is 0. The van der Waals surface area contributed by atoms with Gasteiger partial charge in [-0.2, -0.15) is 0 Å². The Morgan fingerprint density at radius 3 is 2.45 bits per heavy atom. The summed E-state index contributed by atoms with van der Waals surface area (Å²) in [4.78, 5) is 2.31.